The average Bonchev–Trinajstić information content (AvgIpc) is 4.05. The van der Waals surface area contributed by atoms with Gasteiger partial charge in [0.1, 0.15) is 0 Å². The molecule has 76 heavy (non-hydrogen) atoms. The first-order chi connectivity index (χ1) is 37.5. The summed E-state index contributed by atoms with van der Waals surface area (Å²) < 4.78 is 4.88. The van der Waals surface area contributed by atoms with Crippen molar-refractivity contribution in [1.82, 2.24) is 9.13 Å². The molecule has 0 radical (unpaired) electrons. The number of amidine groups is 1. The molecule has 4 nitrogen and oxygen atoms in total. The Kier molecular flexibility index (Phi) is 10.9. The maximum Gasteiger partial charge on any atom is 0.179 e. The van der Waals surface area contributed by atoms with Gasteiger partial charge in [-0.3, -0.25) is 0 Å². The number of nitrogens with zero attached hydrogens (tertiary/aromatic N) is 4. The minimum Gasteiger partial charge on any atom is -0.309 e. The lowest BCUT2D eigenvalue weighted by atomic mass is 9.89. The molecule has 0 fully saturated rings. The van der Waals surface area contributed by atoms with Crippen LogP contribution in [0.4, 0.5) is 0 Å². The molecule has 0 N–H and O–H groups in total. The summed E-state index contributed by atoms with van der Waals surface area (Å²) in [6.45, 7) is 6.80. The fourth-order valence-corrected chi connectivity index (χ4v) is 16.9. The van der Waals surface area contributed by atoms with Crippen molar-refractivity contribution in [2.45, 2.75) is 6.92 Å². The predicted octanol–water partition coefficient (Wildman–Crippen LogP) is 14.8. The molecule has 0 amide bonds. The smallest absolute Gasteiger partial charge is 0.179 e. The number of fused-ring (bicyclic) bond motifs is 13. The van der Waals surface area contributed by atoms with Gasteiger partial charge in [0.15, 0.2) is 13.9 Å². The van der Waals surface area contributed by atoms with Crippen LogP contribution in [0.15, 0.2) is 290 Å². The van der Waals surface area contributed by atoms with Gasteiger partial charge in [-0.05, 0) is 98.5 Å². The van der Waals surface area contributed by atoms with Crippen LogP contribution >= 0.6 is 0 Å². The molecule has 0 spiro atoms. The summed E-state index contributed by atoms with van der Waals surface area (Å²) in [5.74, 6) is 0.607. The Morgan fingerprint density at radius 1 is 0.382 bits per heavy atom. The average molecular weight is 987 g/mol. The zero-order valence-electron chi connectivity index (χ0n) is 42.0. The van der Waals surface area contributed by atoms with E-state index in [-0.39, 0.29) is 0 Å². The first-order valence-electron chi connectivity index (χ1n) is 26.0. The van der Waals surface area contributed by atoms with Crippen LogP contribution in [0.25, 0.3) is 82.9 Å². The Morgan fingerprint density at radius 2 is 0.868 bits per heavy atom. The molecule has 14 rings (SSSR count). The number of hydrogen-bond donors (Lipinski definition) is 0. The Morgan fingerprint density at radius 3 is 1.47 bits per heavy atom. The summed E-state index contributed by atoms with van der Waals surface area (Å²) in [6.07, 6.45) is 0. The van der Waals surface area contributed by atoms with Crippen LogP contribution in [-0.4, -0.2) is 28.8 Å². The second kappa shape index (κ2) is 18.4. The van der Waals surface area contributed by atoms with Crippen molar-refractivity contribution in [3.63, 3.8) is 0 Å². The van der Waals surface area contributed by atoms with Gasteiger partial charge < -0.3 is 9.13 Å². The zero-order valence-corrected chi connectivity index (χ0v) is 43.0. The SMILES string of the molecule is C=C(/N=C1\N=C(/C)c2ccccc2-c2cc(c3c(c2)c2ccc(-n4c5ccccc5c5ccccc54)cc2n3-c2ccccc2)-c2ccccc21)c1ccc([Si](c2ccccc2)(c2ccccc2)c2ccccc2)cc1. The number of rotatable bonds is 8. The molecule has 0 saturated heterocycles. The summed E-state index contributed by atoms with van der Waals surface area (Å²) in [5.41, 5.74) is 15.6. The Hall–Kier alpha value is -9.68. The van der Waals surface area contributed by atoms with Crippen LogP contribution in [-0.2, 0) is 0 Å². The number of aliphatic imine (C=N–C) groups is 2. The van der Waals surface area contributed by atoms with E-state index in [1.165, 1.54) is 53.3 Å². The van der Waals surface area contributed by atoms with Crippen molar-refractivity contribution >= 4 is 89.7 Å². The monoisotopic (exact) mass is 986 g/mol. The lowest BCUT2D eigenvalue weighted by Crippen LogP contribution is -2.74. The molecule has 5 heteroatoms. The highest BCUT2D eigenvalue weighted by Crippen LogP contribution is 2.44. The number of hydrogen-bond acceptors (Lipinski definition) is 1. The molecule has 2 aromatic heterocycles. The van der Waals surface area contributed by atoms with Crippen LogP contribution in [0, 0.1) is 0 Å². The van der Waals surface area contributed by atoms with Crippen molar-refractivity contribution in [2.75, 3.05) is 0 Å². The van der Waals surface area contributed by atoms with Gasteiger partial charge in [-0.15, -0.1) is 0 Å². The van der Waals surface area contributed by atoms with E-state index < -0.39 is 8.07 Å². The second-order valence-electron chi connectivity index (χ2n) is 19.8. The standard InChI is InChI=1S/C71H50N4Si/c1-48(50-39-42-57(43-40-50)76(54-25-9-4-10-26-54,55-27-11-5-12-28-55)56-29-13-6-14-30-56)72-71-64-36-18-17-33-60(64)65-45-51(59-32-16-15-31-58(59)49(2)73-71)46-66-63-44-41-53(47-69(63)75(70(65)66)52-23-7-3-8-24-52)74-67-37-21-19-34-61(67)62-35-20-22-38-68(62)74/h3-47H,1H2,2H3/b72-71-,73-49+. The van der Waals surface area contributed by atoms with E-state index in [0.29, 0.717) is 11.5 Å². The molecule has 0 atom stereocenters. The predicted molar refractivity (Wildman–Crippen MR) is 324 cm³/mol. The fraction of sp³-hybridized carbons (Fsp3) is 0.0141. The minimum absolute atomic E-state index is 0.607. The summed E-state index contributed by atoms with van der Waals surface area (Å²) in [4.78, 5) is 11.0. The van der Waals surface area contributed by atoms with Crippen molar-refractivity contribution < 1.29 is 0 Å². The third-order valence-electron chi connectivity index (χ3n) is 15.6. The topological polar surface area (TPSA) is 34.6 Å². The summed E-state index contributed by atoms with van der Waals surface area (Å²) >= 11 is 0. The van der Waals surface area contributed by atoms with E-state index in [1.807, 2.05) is 0 Å². The first kappa shape index (κ1) is 45.0. The largest absolute Gasteiger partial charge is 0.309 e. The minimum atomic E-state index is -2.74. The Balaban J connectivity index is 0.977. The van der Waals surface area contributed by atoms with E-state index in [1.54, 1.807) is 0 Å². The van der Waals surface area contributed by atoms with Gasteiger partial charge in [0.05, 0.1) is 27.8 Å². The van der Waals surface area contributed by atoms with Crippen LogP contribution < -0.4 is 20.7 Å². The van der Waals surface area contributed by atoms with Gasteiger partial charge in [-0.1, -0.05) is 231 Å². The van der Waals surface area contributed by atoms with Crippen molar-refractivity contribution in [2.24, 2.45) is 9.98 Å². The van der Waals surface area contributed by atoms with Crippen LogP contribution in [0.3, 0.4) is 0 Å². The lowest BCUT2D eigenvalue weighted by molar-refractivity contribution is 1.15. The maximum atomic E-state index is 5.51. The molecular formula is C71H50N4Si. The molecule has 0 aliphatic carbocycles. The van der Waals surface area contributed by atoms with Crippen molar-refractivity contribution in [1.29, 1.82) is 0 Å². The summed E-state index contributed by atoms with van der Waals surface area (Å²) in [6, 6.07) is 99.5. The maximum absolute atomic E-state index is 5.51. The second-order valence-corrected chi connectivity index (χ2v) is 23.6. The fourth-order valence-electron chi connectivity index (χ4n) is 12.2. The summed E-state index contributed by atoms with van der Waals surface area (Å²) in [7, 11) is -2.74. The molecule has 11 aromatic carbocycles. The lowest BCUT2D eigenvalue weighted by Gasteiger charge is -2.34. The highest BCUT2D eigenvalue weighted by molar-refractivity contribution is 7.19. The Labute approximate surface area is 443 Å². The molecule has 0 saturated carbocycles. The quantitative estimate of drug-likeness (QED) is 0.107. The highest BCUT2D eigenvalue weighted by Gasteiger charge is 2.41. The molecule has 3 heterocycles. The van der Waals surface area contributed by atoms with Gasteiger partial charge in [0, 0.05) is 55.3 Å². The summed E-state index contributed by atoms with van der Waals surface area (Å²) in [5, 5.41) is 10.1. The normalized spacial score (nSPS) is 13.6. The molecule has 358 valence electrons. The molecule has 1 aliphatic heterocycles. The number of benzene rings is 11. The van der Waals surface area contributed by atoms with Gasteiger partial charge in [-0.25, -0.2) is 9.98 Å². The van der Waals surface area contributed by atoms with E-state index >= 15 is 0 Å². The van der Waals surface area contributed by atoms with Crippen molar-refractivity contribution in [3.8, 4) is 33.6 Å². The first-order valence-corrected chi connectivity index (χ1v) is 28.0. The third kappa shape index (κ3) is 7.19. The van der Waals surface area contributed by atoms with Crippen molar-refractivity contribution in [3.05, 3.63) is 296 Å². The van der Waals surface area contributed by atoms with Gasteiger partial charge in [0.2, 0.25) is 0 Å². The molecular weight excluding hydrogens is 937 g/mol. The highest BCUT2D eigenvalue weighted by atomic mass is 28.3. The Bertz CT molecular complexity index is 4300. The van der Waals surface area contributed by atoms with E-state index in [2.05, 4.69) is 289 Å². The van der Waals surface area contributed by atoms with Crippen LogP contribution in [0.5, 0.6) is 0 Å². The van der Waals surface area contributed by atoms with Gasteiger partial charge in [0.25, 0.3) is 0 Å². The van der Waals surface area contributed by atoms with Crippen LogP contribution in [0.1, 0.15) is 23.6 Å². The molecule has 2 bridgehead atoms. The van der Waals surface area contributed by atoms with Gasteiger partial charge >= 0.3 is 0 Å². The number of aromatic nitrogens is 2. The van der Waals surface area contributed by atoms with E-state index in [4.69, 9.17) is 16.6 Å². The molecule has 13 aromatic rings. The van der Waals surface area contributed by atoms with E-state index in [0.717, 1.165) is 67.1 Å². The molecule has 0 unspecified atom stereocenters. The third-order valence-corrected chi connectivity index (χ3v) is 20.4. The van der Waals surface area contributed by atoms with Gasteiger partial charge in [-0.2, -0.15) is 0 Å². The van der Waals surface area contributed by atoms with E-state index in [9.17, 15) is 0 Å². The number of para-hydroxylation sites is 3. The molecule has 1 aliphatic rings. The zero-order chi connectivity index (χ0) is 50.7. The van der Waals surface area contributed by atoms with Crippen LogP contribution in [0.2, 0.25) is 0 Å².